The zero-order valence-corrected chi connectivity index (χ0v) is 7.75. The van der Waals surface area contributed by atoms with E-state index in [4.69, 9.17) is 5.11 Å². The predicted octanol–water partition coefficient (Wildman–Crippen LogP) is 2.34. The lowest BCUT2D eigenvalue weighted by Gasteiger charge is -2.12. The minimum atomic E-state index is 0.233. The van der Waals surface area contributed by atoms with Crippen molar-refractivity contribution >= 4 is 0 Å². The summed E-state index contributed by atoms with van der Waals surface area (Å²) in [5.74, 6) is 0.265. The highest BCUT2D eigenvalue weighted by atomic mass is 16.3. The van der Waals surface area contributed by atoms with E-state index in [1.54, 1.807) is 0 Å². The number of aryl methyl sites for hydroxylation is 1. The van der Waals surface area contributed by atoms with Gasteiger partial charge in [-0.15, -0.1) is 0 Å². The van der Waals surface area contributed by atoms with E-state index < -0.39 is 0 Å². The molecule has 0 saturated heterocycles. The van der Waals surface area contributed by atoms with Gasteiger partial charge in [-0.25, -0.2) is 0 Å². The van der Waals surface area contributed by atoms with Gasteiger partial charge in [0.15, 0.2) is 0 Å². The average Bonchev–Trinajstić information content (AvgIpc) is 2.16. The minimum Gasteiger partial charge on any atom is -0.396 e. The first-order chi connectivity index (χ1) is 5.79. The lowest BCUT2D eigenvalue weighted by molar-refractivity contribution is 0.272. The van der Waals surface area contributed by atoms with Crippen LogP contribution in [0.2, 0.25) is 0 Å². The second kappa shape index (κ2) is 4.27. The molecule has 0 aliphatic rings. The molecule has 1 N–H and O–H groups in total. The second-order valence-corrected chi connectivity index (χ2v) is 3.14. The molecule has 0 aliphatic carbocycles. The van der Waals surface area contributed by atoms with Crippen molar-refractivity contribution in [3.63, 3.8) is 0 Å². The van der Waals surface area contributed by atoms with E-state index in [1.165, 1.54) is 11.1 Å². The largest absolute Gasteiger partial charge is 0.396 e. The fourth-order valence-corrected chi connectivity index (χ4v) is 1.44. The van der Waals surface area contributed by atoms with Gasteiger partial charge in [0.1, 0.15) is 0 Å². The topological polar surface area (TPSA) is 20.2 Å². The van der Waals surface area contributed by atoms with Gasteiger partial charge in [0.25, 0.3) is 0 Å². The standard InChI is InChI=1S/C11H16O/c1-3-10-6-4-5-7-11(10)9(2)8-12/h4-7,9,12H,3,8H2,1-2H3/t9-/m0/s1. The lowest BCUT2D eigenvalue weighted by atomic mass is 9.95. The van der Waals surface area contributed by atoms with Crippen molar-refractivity contribution in [3.05, 3.63) is 35.4 Å². The van der Waals surface area contributed by atoms with Gasteiger partial charge < -0.3 is 5.11 Å². The molecule has 1 aromatic carbocycles. The summed E-state index contributed by atoms with van der Waals surface area (Å²) in [6, 6.07) is 8.30. The van der Waals surface area contributed by atoms with Crippen molar-refractivity contribution in [2.75, 3.05) is 6.61 Å². The average molecular weight is 164 g/mol. The molecule has 0 radical (unpaired) electrons. The Labute approximate surface area is 74.1 Å². The fraction of sp³-hybridized carbons (Fsp3) is 0.455. The molecular formula is C11H16O. The molecule has 0 saturated carbocycles. The number of hydrogen-bond donors (Lipinski definition) is 1. The van der Waals surface area contributed by atoms with Gasteiger partial charge in [-0.2, -0.15) is 0 Å². The number of rotatable bonds is 3. The van der Waals surface area contributed by atoms with Crippen LogP contribution in [0.25, 0.3) is 0 Å². The Hall–Kier alpha value is -0.820. The summed E-state index contributed by atoms with van der Waals surface area (Å²) in [5.41, 5.74) is 2.63. The molecule has 1 heteroatoms. The summed E-state index contributed by atoms with van der Waals surface area (Å²) in [6.45, 7) is 4.43. The number of benzene rings is 1. The van der Waals surface area contributed by atoms with Gasteiger partial charge in [-0.1, -0.05) is 38.1 Å². The zero-order chi connectivity index (χ0) is 8.97. The molecule has 1 nitrogen and oxygen atoms in total. The number of hydrogen-bond acceptors (Lipinski definition) is 1. The molecule has 12 heavy (non-hydrogen) atoms. The third-order valence-corrected chi connectivity index (χ3v) is 2.24. The van der Waals surface area contributed by atoms with Crippen molar-refractivity contribution < 1.29 is 5.11 Å². The van der Waals surface area contributed by atoms with Crippen molar-refractivity contribution in [3.8, 4) is 0 Å². The molecule has 0 amide bonds. The first-order valence-corrected chi connectivity index (χ1v) is 4.48. The maximum Gasteiger partial charge on any atom is 0.0497 e. The van der Waals surface area contributed by atoms with Crippen LogP contribution >= 0.6 is 0 Å². The van der Waals surface area contributed by atoms with E-state index in [0.717, 1.165) is 6.42 Å². The van der Waals surface area contributed by atoms with Crippen molar-refractivity contribution in [2.45, 2.75) is 26.2 Å². The van der Waals surface area contributed by atoms with Crippen molar-refractivity contribution in [1.82, 2.24) is 0 Å². The van der Waals surface area contributed by atoms with Gasteiger partial charge in [-0.05, 0) is 17.5 Å². The van der Waals surface area contributed by atoms with Crippen molar-refractivity contribution in [2.24, 2.45) is 0 Å². The Bertz CT molecular complexity index is 243. The Morgan fingerprint density at radius 3 is 2.58 bits per heavy atom. The van der Waals surface area contributed by atoms with Gasteiger partial charge in [0.2, 0.25) is 0 Å². The minimum absolute atomic E-state index is 0.233. The number of aliphatic hydroxyl groups is 1. The molecule has 0 aliphatic heterocycles. The van der Waals surface area contributed by atoms with E-state index in [2.05, 4.69) is 26.0 Å². The fourth-order valence-electron chi connectivity index (χ4n) is 1.44. The van der Waals surface area contributed by atoms with Crippen LogP contribution in [0.5, 0.6) is 0 Å². The van der Waals surface area contributed by atoms with E-state index in [0.29, 0.717) is 0 Å². The van der Waals surface area contributed by atoms with Gasteiger partial charge >= 0.3 is 0 Å². The van der Waals surface area contributed by atoms with Crippen LogP contribution in [0.15, 0.2) is 24.3 Å². The van der Waals surface area contributed by atoms with Gasteiger partial charge in [-0.3, -0.25) is 0 Å². The third-order valence-electron chi connectivity index (χ3n) is 2.24. The van der Waals surface area contributed by atoms with E-state index in [1.807, 2.05) is 12.1 Å². The Kier molecular flexibility index (Phi) is 3.30. The lowest BCUT2D eigenvalue weighted by Crippen LogP contribution is -2.02. The predicted molar refractivity (Wildman–Crippen MR) is 51.3 cm³/mol. The van der Waals surface area contributed by atoms with Gasteiger partial charge in [0, 0.05) is 12.5 Å². The smallest absolute Gasteiger partial charge is 0.0497 e. The zero-order valence-electron chi connectivity index (χ0n) is 7.75. The summed E-state index contributed by atoms with van der Waals surface area (Å²) in [5, 5.41) is 9.01. The van der Waals surface area contributed by atoms with E-state index in [-0.39, 0.29) is 12.5 Å². The molecule has 0 heterocycles. The summed E-state index contributed by atoms with van der Waals surface area (Å²) in [6.07, 6.45) is 1.04. The Morgan fingerprint density at radius 1 is 1.33 bits per heavy atom. The van der Waals surface area contributed by atoms with E-state index in [9.17, 15) is 0 Å². The monoisotopic (exact) mass is 164 g/mol. The van der Waals surface area contributed by atoms with Crippen LogP contribution in [0.1, 0.15) is 30.9 Å². The Morgan fingerprint density at radius 2 is 2.00 bits per heavy atom. The molecule has 0 fully saturated rings. The molecule has 1 rings (SSSR count). The summed E-state index contributed by atoms with van der Waals surface area (Å²) in [4.78, 5) is 0. The first kappa shape index (κ1) is 9.27. The Balaban J connectivity index is 2.96. The van der Waals surface area contributed by atoms with Crippen LogP contribution in [-0.4, -0.2) is 11.7 Å². The highest BCUT2D eigenvalue weighted by Gasteiger charge is 2.06. The summed E-state index contributed by atoms with van der Waals surface area (Å²) < 4.78 is 0. The molecular weight excluding hydrogens is 148 g/mol. The SMILES string of the molecule is CCc1ccccc1[C@@H](C)CO. The molecule has 66 valence electrons. The summed E-state index contributed by atoms with van der Waals surface area (Å²) >= 11 is 0. The van der Waals surface area contributed by atoms with Gasteiger partial charge in [0.05, 0.1) is 0 Å². The van der Waals surface area contributed by atoms with Crippen LogP contribution < -0.4 is 0 Å². The van der Waals surface area contributed by atoms with Crippen LogP contribution in [0.3, 0.4) is 0 Å². The molecule has 1 atom stereocenters. The maximum absolute atomic E-state index is 9.01. The van der Waals surface area contributed by atoms with Crippen LogP contribution in [-0.2, 0) is 6.42 Å². The van der Waals surface area contributed by atoms with Crippen LogP contribution in [0, 0.1) is 0 Å². The third kappa shape index (κ3) is 1.86. The normalized spacial score (nSPS) is 12.9. The van der Waals surface area contributed by atoms with Crippen LogP contribution in [0.4, 0.5) is 0 Å². The molecule has 0 unspecified atom stereocenters. The number of aliphatic hydroxyl groups excluding tert-OH is 1. The van der Waals surface area contributed by atoms with E-state index >= 15 is 0 Å². The van der Waals surface area contributed by atoms with Crippen molar-refractivity contribution in [1.29, 1.82) is 0 Å². The molecule has 0 spiro atoms. The molecule has 0 bridgehead atoms. The second-order valence-electron chi connectivity index (χ2n) is 3.14. The summed E-state index contributed by atoms with van der Waals surface area (Å²) in [7, 11) is 0. The molecule has 0 aromatic heterocycles. The maximum atomic E-state index is 9.01. The highest BCUT2D eigenvalue weighted by Crippen LogP contribution is 2.19. The highest BCUT2D eigenvalue weighted by molar-refractivity contribution is 5.29. The quantitative estimate of drug-likeness (QED) is 0.727. The molecule has 1 aromatic rings. The first-order valence-electron chi connectivity index (χ1n) is 4.48.